The average molecular weight is 217 g/mol. The Kier molecular flexibility index (Phi) is 3.80. The Morgan fingerprint density at radius 2 is 2.43 bits per heavy atom. The second-order valence-corrected chi connectivity index (χ2v) is 4.46. The van der Waals surface area contributed by atoms with Crippen molar-refractivity contribution in [3.63, 3.8) is 0 Å². The maximum atomic E-state index is 11.6. The number of hydrogen-bond acceptors (Lipinski definition) is 3. The third kappa shape index (κ3) is 2.20. The van der Waals surface area contributed by atoms with Crippen LogP contribution in [0.4, 0.5) is 0 Å². The molecule has 0 aromatic rings. The van der Waals surface area contributed by atoms with Gasteiger partial charge in [0.25, 0.3) is 0 Å². The number of amides is 1. The number of carboxylic acids is 1. The number of rotatable bonds is 3. The highest BCUT2D eigenvalue weighted by Crippen LogP contribution is 2.21. The summed E-state index contributed by atoms with van der Waals surface area (Å²) in [4.78, 5) is 24.0. The van der Waals surface area contributed by atoms with E-state index in [-0.39, 0.29) is 11.9 Å². The van der Waals surface area contributed by atoms with E-state index in [2.05, 4.69) is 0 Å². The van der Waals surface area contributed by atoms with Gasteiger partial charge in [-0.05, 0) is 13.3 Å². The summed E-state index contributed by atoms with van der Waals surface area (Å²) in [5.74, 6) is -0.0339. The van der Waals surface area contributed by atoms with Crippen LogP contribution in [-0.4, -0.2) is 45.5 Å². The SMILES string of the molecule is CCC(C)N1C(=O)CSCC1C(=O)O. The lowest BCUT2D eigenvalue weighted by Crippen LogP contribution is -2.54. The van der Waals surface area contributed by atoms with Gasteiger partial charge in [0.15, 0.2) is 0 Å². The molecule has 0 radical (unpaired) electrons. The van der Waals surface area contributed by atoms with Gasteiger partial charge in [0.2, 0.25) is 5.91 Å². The summed E-state index contributed by atoms with van der Waals surface area (Å²) < 4.78 is 0. The Morgan fingerprint density at radius 1 is 1.79 bits per heavy atom. The van der Waals surface area contributed by atoms with Crippen LogP contribution in [0.15, 0.2) is 0 Å². The van der Waals surface area contributed by atoms with Crippen LogP contribution < -0.4 is 0 Å². The number of hydrogen-bond donors (Lipinski definition) is 1. The molecule has 14 heavy (non-hydrogen) atoms. The number of carbonyl (C=O) groups is 2. The summed E-state index contributed by atoms with van der Waals surface area (Å²) in [6.07, 6.45) is 0.792. The molecule has 80 valence electrons. The number of carboxylic acid groups (broad SMARTS) is 1. The van der Waals surface area contributed by atoms with E-state index in [9.17, 15) is 9.59 Å². The van der Waals surface area contributed by atoms with Crippen molar-refractivity contribution in [2.75, 3.05) is 11.5 Å². The summed E-state index contributed by atoms with van der Waals surface area (Å²) in [5.41, 5.74) is 0. The summed E-state index contributed by atoms with van der Waals surface area (Å²) in [6, 6.07) is -0.624. The predicted molar refractivity (Wildman–Crippen MR) is 55.3 cm³/mol. The molecule has 5 heteroatoms. The standard InChI is InChI=1S/C9H15NO3S/c1-3-6(2)10-7(9(12)13)4-14-5-8(10)11/h6-7H,3-5H2,1-2H3,(H,12,13). The molecular formula is C9H15NO3S. The lowest BCUT2D eigenvalue weighted by Gasteiger charge is -2.36. The zero-order valence-corrected chi connectivity index (χ0v) is 9.21. The summed E-state index contributed by atoms with van der Waals surface area (Å²) in [5, 5.41) is 8.96. The minimum absolute atomic E-state index is 0.0181. The molecule has 0 saturated carbocycles. The summed E-state index contributed by atoms with van der Waals surface area (Å²) in [7, 11) is 0. The van der Waals surface area contributed by atoms with Gasteiger partial charge in [-0.2, -0.15) is 0 Å². The highest BCUT2D eigenvalue weighted by Gasteiger charge is 2.35. The van der Waals surface area contributed by atoms with E-state index in [0.29, 0.717) is 11.5 Å². The third-order valence-corrected chi connectivity index (χ3v) is 3.48. The molecule has 1 saturated heterocycles. The first-order valence-corrected chi connectivity index (χ1v) is 5.85. The monoisotopic (exact) mass is 217 g/mol. The molecular weight excluding hydrogens is 202 g/mol. The minimum atomic E-state index is -0.897. The van der Waals surface area contributed by atoms with Crippen molar-refractivity contribution in [2.24, 2.45) is 0 Å². The zero-order valence-electron chi connectivity index (χ0n) is 8.40. The molecule has 0 bridgehead atoms. The molecule has 0 spiro atoms. The van der Waals surface area contributed by atoms with Crippen molar-refractivity contribution >= 4 is 23.6 Å². The van der Waals surface area contributed by atoms with Gasteiger partial charge in [0.05, 0.1) is 5.75 Å². The van der Waals surface area contributed by atoms with Crippen molar-refractivity contribution < 1.29 is 14.7 Å². The largest absolute Gasteiger partial charge is 0.480 e. The first kappa shape index (κ1) is 11.4. The van der Waals surface area contributed by atoms with E-state index < -0.39 is 12.0 Å². The fourth-order valence-corrected chi connectivity index (χ4v) is 2.49. The smallest absolute Gasteiger partial charge is 0.327 e. The van der Waals surface area contributed by atoms with Gasteiger partial charge in [-0.15, -0.1) is 11.8 Å². The lowest BCUT2D eigenvalue weighted by atomic mass is 10.1. The Hall–Kier alpha value is -0.710. The van der Waals surface area contributed by atoms with Crippen LogP contribution in [0.5, 0.6) is 0 Å². The number of thioether (sulfide) groups is 1. The van der Waals surface area contributed by atoms with Crippen molar-refractivity contribution in [3.8, 4) is 0 Å². The van der Waals surface area contributed by atoms with Crippen LogP contribution in [0.1, 0.15) is 20.3 Å². The van der Waals surface area contributed by atoms with E-state index in [4.69, 9.17) is 5.11 Å². The maximum Gasteiger partial charge on any atom is 0.327 e. The van der Waals surface area contributed by atoms with E-state index >= 15 is 0 Å². The Balaban J connectivity index is 2.81. The van der Waals surface area contributed by atoms with Gasteiger partial charge in [-0.1, -0.05) is 6.92 Å². The number of nitrogens with zero attached hydrogens (tertiary/aromatic N) is 1. The number of aliphatic carboxylic acids is 1. The van der Waals surface area contributed by atoms with Crippen LogP contribution >= 0.6 is 11.8 Å². The van der Waals surface area contributed by atoms with Gasteiger partial charge in [0.1, 0.15) is 6.04 Å². The van der Waals surface area contributed by atoms with Crippen LogP contribution in [0.2, 0.25) is 0 Å². The average Bonchev–Trinajstić information content (AvgIpc) is 2.16. The quantitative estimate of drug-likeness (QED) is 0.760. The van der Waals surface area contributed by atoms with E-state index in [1.807, 2.05) is 13.8 Å². The van der Waals surface area contributed by atoms with Gasteiger partial charge in [-0.25, -0.2) is 4.79 Å². The second-order valence-electron chi connectivity index (χ2n) is 3.43. The van der Waals surface area contributed by atoms with E-state index in [1.54, 1.807) is 0 Å². The zero-order chi connectivity index (χ0) is 10.7. The second kappa shape index (κ2) is 4.68. The molecule has 2 unspecified atom stereocenters. The molecule has 1 heterocycles. The van der Waals surface area contributed by atoms with Gasteiger partial charge in [-0.3, -0.25) is 4.79 Å². The Bertz CT molecular complexity index is 244. The van der Waals surface area contributed by atoms with Crippen LogP contribution in [0.3, 0.4) is 0 Å². The van der Waals surface area contributed by atoms with Crippen molar-refractivity contribution in [1.29, 1.82) is 0 Å². The van der Waals surface area contributed by atoms with Gasteiger partial charge in [0, 0.05) is 11.8 Å². The first-order chi connectivity index (χ1) is 6.57. The number of carbonyl (C=O) groups excluding carboxylic acids is 1. The highest BCUT2D eigenvalue weighted by molar-refractivity contribution is 8.00. The summed E-state index contributed by atoms with van der Waals surface area (Å²) >= 11 is 1.40. The van der Waals surface area contributed by atoms with Crippen molar-refractivity contribution in [2.45, 2.75) is 32.4 Å². The maximum absolute atomic E-state index is 11.6. The fourth-order valence-electron chi connectivity index (χ4n) is 1.53. The third-order valence-electron chi connectivity index (χ3n) is 2.48. The molecule has 4 nitrogen and oxygen atoms in total. The molecule has 2 atom stereocenters. The molecule has 0 aromatic carbocycles. The first-order valence-electron chi connectivity index (χ1n) is 4.69. The van der Waals surface area contributed by atoms with Crippen LogP contribution in [-0.2, 0) is 9.59 Å². The predicted octanol–water partition coefficient (Wildman–Crippen LogP) is 0.813. The van der Waals surface area contributed by atoms with Crippen LogP contribution in [0.25, 0.3) is 0 Å². The van der Waals surface area contributed by atoms with Crippen LogP contribution in [0, 0.1) is 0 Å². The molecule has 1 aliphatic rings. The molecule has 1 fully saturated rings. The topological polar surface area (TPSA) is 57.6 Å². The highest BCUT2D eigenvalue weighted by atomic mass is 32.2. The lowest BCUT2D eigenvalue weighted by molar-refractivity contribution is -0.150. The molecule has 1 N–H and O–H groups in total. The normalized spacial score (nSPS) is 24.9. The molecule has 1 aliphatic heterocycles. The van der Waals surface area contributed by atoms with E-state index in [1.165, 1.54) is 16.7 Å². The van der Waals surface area contributed by atoms with Crippen molar-refractivity contribution in [3.05, 3.63) is 0 Å². The fraction of sp³-hybridized carbons (Fsp3) is 0.778. The summed E-state index contributed by atoms with van der Waals surface area (Å²) in [6.45, 7) is 3.85. The van der Waals surface area contributed by atoms with Gasteiger partial charge < -0.3 is 10.0 Å². The molecule has 1 amide bonds. The molecule has 0 aliphatic carbocycles. The minimum Gasteiger partial charge on any atom is -0.480 e. The van der Waals surface area contributed by atoms with Crippen molar-refractivity contribution in [1.82, 2.24) is 4.90 Å². The molecule has 0 aromatic heterocycles. The van der Waals surface area contributed by atoms with Gasteiger partial charge >= 0.3 is 5.97 Å². The Morgan fingerprint density at radius 3 is 2.93 bits per heavy atom. The van der Waals surface area contributed by atoms with E-state index in [0.717, 1.165) is 6.42 Å². The molecule has 1 rings (SSSR count). The Labute approximate surface area is 87.7 Å².